The lowest BCUT2D eigenvalue weighted by Gasteiger charge is -2.04. The minimum absolute atomic E-state index is 0.105. The van der Waals surface area contributed by atoms with Gasteiger partial charge in [-0.3, -0.25) is 14.9 Å². The van der Waals surface area contributed by atoms with Crippen molar-refractivity contribution in [1.29, 1.82) is 0 Å². The third-order valence-electron chi connectivity index (χ3n) is 3.97. The van der Waals surface area contributed by atoms with Crippen molar-refractivity contribution in [2.24, 2.45) is 4.99 Å². The maximum Gasteiger partial charge on any atom is 0.287 e. The molecule has 30 heavy (non-hydrogen) atoms. The maximum atomic E-state index is 12.2. The lowest BCUT2D eigenvalue weighted by atomic mass is 10.2. The fourth-order valence-electron chi connectivity index (χ4n) is 2.55. The average Bonchev–Trinajstić information content (AvgIpc) is 3.09. The molecular formula is C21H14N4O4S. The molecule has 3 aromatic rings. The lowest BCUT2D eigenvalue weighted by molar-refractivity contribution is -0.385. The van der Waals surface area contributed by atoms with Crippen LogP contribution in [0, 0.1) is 10.1 Å². The van der Waals surface area contributed by atoms with E-state index in [1.54, 1.807) is 30.3 Å². The van der Waals surface area contributed by atoms with Crippen LogP contribution in [-0.4, -0.2) is 21.0 Å². The fourth-order valence-corrected chi connectivity index (χ4v) is 3.39. The first-order chi connectivity index (χ1) is 14.6. The molecule has 1 aromatic heterocycles. The Labute approximate surface area is 175 Å². The Hall–Kier alpha value is -3.98. The van der Waals surface area contributed by atoms with Crippen LogP contribution < -0.4 is 10.1 Å². The van der Waals surface area contributed by atoms with Crippen molar-refractivity contribution >= 4 is 40.3 Å². The van der Waals surface area contributed by atoms with Crippen molar-refractivity contribution in [2.75, 3.05) is 0 Å². The number of hydrogen-bond donors (Lipinski definition) is 1. The van der Waals surface area contributed by atoms with E-state index in [-0.39, 0.29) is 17.5 Å². The summed E-state index contributed by atoms with van der Waals surface area (Å²) in [5, 5.41) is 14.0. The Kier molecular flexibility index (Phi) is 5.53. The molecule has 2 heterocycles. The van der Waals surface area contributed by atoms with Crippen molar-refractivity contribution in [3.05, 3.63) is 93.5 Å². The van der Waals surface area contributed by atoms with E-state index in [9.17, 15) is 14.9 Å². The van der Waals surface area contributed by atoms with Gasteiger partial charge in [0.25, 0.3) is 11.6 Å². The number of para-hydroxylation sites is 1. The molecule has 1 saturated heterocycles. The Morgan fingerprint density at radius 1 is 1.07 bits per heavy atom. The van der Waals surface area contributed by atoms with E-state index < -0.39 is 4.92 Å². The lowest BCUT2D eigenvalue weighted by Crippen LogP contribution is -2.19. The zero-order chi connectivity index (χ0) is 20.9. The molecule has 0 saturated carbocycles. The summed E-state index contributed by atoms with van der Waals surface area (Å²) < 4.78 is 5.58. The molecule has 1 fully saturated rings. The van der Waals surface area contributed by atoms with Gasteiger partial charge in [-0.2, -0.15) is 0 Å². The summed E-state index contributed by atoms with van der Waals surface area (Å²) in [6.07, 6.45) is 2.90. The van der Waals surface area contributed by atoms with Crippen molar-refractivity contribution in [1.82, 2.24) is 10.3 Å². The molecule has 0 aliphatic carbocycles. The molecule has 0 atom stereocenters. The van der Waals surface area contributed by atoms with Gasteiger partial charge in [-0.15, -0.1) is 0 Å². The molecule has 4 rings (SSSR count). The third kappa shape index (κ3) is 4.70. The highest BCUT2D eigenvalue weighted by Gasteiger charge is 2.23. The molecule has 0 radical (unpaired) electrons. The number of nitro groups is 1. The zero-order valence-electron chi connectivity index (χ0n) is 15.4. The third-order valence-corrected chi connectivity index (χ3v) is 4.88. The quantitative estimate of drug-likeness (QED) is 0.366. The van der Waals surface area contributed by atoms with Crippen molar-refractivity contribution < 1.29 is 14.5 Å². The first-order valence-corrected chi connectivity index (χ1v) is 9.61. The van der Waals surface area contributed by atoms with Gasteiger partial charge in [0.15, 0.2) is 5.17 Å². The number of thioether (sulfide) groups is 1. The van der Waals surface area contributed by atoms with Gasteiger partial charge >= 0.3 is 0 Å². The molecule has 1 N–H and O–H groups in total. The van der Waals surface area contributed by atoms with Crippen LogP contribution >= 0.6 is 11.8 Å². The van der Waals surface area contributed by atoms with E-state index in [1.807, 2.05) is 30.3 Å². The normalized spacial score (nSPS) is 15.9. The van der Waals surface area contributed by atoms with Crippen LogP contribution in [0.3, 0.4) is 0 Å². The summed E-state index contributed by atoms with van der Waals surface area (Å²) in [6, 6.07) is 19.2. The number of aliphatic imine (C=N–C) groups is 1. The average molecular weight is 418 g/mol. The molecule has 8 nitrogen and oxygen atoms in total. The van der Waals surface area contributed by atoms with E-state index in [0.717, 1.165) is 17.4 Å². The molecule has 148 valence electrons. The van der Waals surface area contributed by atoms with Crippen LogP contribution in [0.25, 0.3) is 6.08 Å². The highest BCUT2D eigenvalue weighted by molar-refractivity contribution is 8.18. The maximum absolute atomic E-state index is 12.2. The van der Waals surface area contributed by atoms with Crippen LogP contribution in [0.1, 0.15) is 5.56 Å². The summed E-state index contributed by atoms with van der Waals surface area (Å²) in [6.45, 7) is 0. The van der Waals surface area contributed by atoms with Gasteiger partial charge in [-0.05, 0) is 47.7 Å². The van der Waals surface area contributed by atoms with Crippen LogP contribution in [0.4, 0.5) is 11.4 Å². The topological polar surface area (TPSA) is 107 Å². The van der Waals surface area contributed by atoms with Gasteiger partial charge in [0, 0.05) is 12.1 Å². The van der Waals surface area contributed by atoms with E-state index >= 15 is 0 Å². The number of amidine groups is 1. The molecule has 9 heteroatoms. The molecule has 0 spiro atoms. The van der Waals surface area contributed by atoms with Gasteiger partial charge in [0.2, 0.25) is 5.88 Å². The minimum atomic E-state index is -0.522. The van der Waals surface area contributed by atoms with Crippen molar-refractivity contribution in [2.45, 2.75) is 0 Å². The Morgan fingerprint density at radius 2 is 1.83 bits per heavy atom. The van der Waals surface area contributed by atoms with Gasteiger partial charge in [-0.1, -0.05) is 30.3 Å². The SMILES string of the molecule is O=C1NC(=Nc2ccccc2)S/C1=C\c1ccc(Oc2ccc([N+](=O)[O-])cn2)cc1. The first-order valence-electron chi connectivity index (χ1n) is 8.80. The predicted molar refractivity (Wildman–Crippen MR) is 115 cm³/mol. The van der Waals surface area contributed by atoms with E-state index in [2.05, 4.69) is 15.3 Å². The van der Waals surface area contributed by atoms with Gasteiger partial charge in [-0.25, -0.2) is 9.98 Å². The number of rotatable bonds is 5. The van der Waals surface area contributed by atoms with Crippen LogP contribution in [0.5, 0.6) is 11.6 Å². The summed E-state index contributed by atoms with van der Waals surface area (Å²) in [4.78, 5) is 31.2. The molecule has 0 unspecified atom stereocenters. The second-order valence-corrected chi connectivity index (χ2v) is 7.13. The second-order valence-electron chi connectivity index (χ2n) is 6.10. The number of amides is 1. The zero-order valence-corrected chi connectivity index (χ0v) is 16.2. The molecule has 0 bridgehead atoms. The van der Waals surface area contributed by atoms with Gasteiger partial charge < -0.3 is 10.1 Å². The Bertz CT molecular complexity index is 1140. The van der Waals surface area contributed by atoms with Gasteiger partial charge in [0.05, 0.1) is 15.5 Å². The first kappa shape index (κ1) is 19.3. The summed E-state index contributed by atoms with van der Waals surface area (Å²) in [7, 11) is 0. The number of ether oxygens (including phenoxy) is 1. The van der Waals surface area contributed by atoms with Crippen LogP contribution in [0.2, 0.25) is 0 Å². The highest BCUT2D eigenvalue weighted by atomic mass is 32.2. The smallest absolute Gasteiger partial charge is 0.287 e. The largest absolute Gasteiger partial charge is 0.439 e. The van der Waals surface area contributed by atoms with Gasteiger partial charge in [0.1, 0.15) is 11.9 Å². The molecule has 2 aromatic carbocycles. The Balaban J connectivity index is 1.44. The summed E-state index contributed by atoms with van der Waals surface area (Å²) in [5.74, 6) is 0.567. The monoisotopic (exact) mass is 418 g/mol. The summed E-state index contributed by atoms with van der Waals surface area (Å²) >= 11 is 1.27. The minimum Gasteiger partial charge on any atom is -0.439 e. The summed E-state index contributed by atoms with van der Waals surface area (Å²) in [5.41, 5.74) is 1.48. The number of hydrogen-bond acceptors (Lipinski definition) is 7. The molecule has 1 aliphatic heterocycles. The second kappa shape index (κ2) is 8.58. The standard InChI is InChI=1S/C21H14N4O4S/c26-20-18(30-21(24-20)23-15-4-2-1-3-5-15)12-14-6-9-17(10-7-14)29-19-11-8-16(13-22-19)25(27)28/h1-13H,(H,23,24,26)/b18-12-. The van der Waals surface area contributed by atoms with E-state index in [0.29, 0.717) is 15.8 Å². The van der Waals surface area contributed by atoms with Crippen molar-refractivity contribution in [3.63, 3.8) is 0 Å². The van der Waals surface area contributed by atoms with Crippen LogP contribution in [-0.2, 0) is 4.79 Å². The fraction of sp³-hybridized carbons (Fsp3) is 0. The number of aromatic nitrogens is 1. The molecule has 1 amide bonds. The number of benzene rings is 2. The highest BCUT2D eigenvalue weighted by Crippen LogP contribution is 2.29. The van der Waals surface area contributed by atoms with E-state index in [1.165, 1.54) is 23.9 Å². The Morgan fingerprint density at radius 3 is 2.50 bits per heavy atom. The number of nitrogens with zero attached hydrogens (tertiary/aromatic N) is 3. The number of carbonyl (C=O) groups excluding carboxylic acids is 1. The number of pyridine rings is 1. The number of carbonyl (C=O) groups is 1. The van der Waals surface area contributed by atoms with Crippen molar-refractivity contribution in [3.8, 4) is 11.6 Å². The number of nitrogens with one attached hydrogen (secondary N) is 1. The van der Waals surface area contributed by atoms with E-state index in [4.69, 9.17) is 4.74 Å². The predicted octanol–water partition coefficient (Wildman–Crippen LogP) is 4.67. The molecular weight excluding hydrogens is 404 g/mol. The van der Waals surface area contributed by atoms with Crippen LogP contribution in [0.15, 0.2) is 82.8 Å². The molecule has 1 aliphatic rings.